The first-order chi connectivity index (χ1) is 10.9. The van der Waals surface area contributed by atoms with Gasteiger partial charge in [0.05, 0.1) is 4.92 Å². The van der Waals surface area contributed by atoms with E-state index in [-0.39, 0.29) is 10.6 Å². The highest BCUT2D eigenvalue weighted by Crippen LogP contribution is 2.22. The maximum atomic E-state index is 12.0. The number of hydrogen-bond acceptors (Lipinski definition) is 4. The SMILES string of the molecule is Cc1cccc(C(=O)NNC(=O)c2ccc(Cl)cc2[N+](=O)[O-])c1. The second kappa shape index (κ2) is 6.89. The minimum atomic E-state index is -0.811. The molecule has 0 bridgehead atoms. The van der Waals surface area contributed by atoms with Gasteiger partial charge in [0.15, 0.2) is 0 Å². The molecule has 7 nitrogen and oxygen atoms in total. The van der Waals surface area contributed by atoms with Crippen molar-refractivity contribution in [2.24, 2.45) is 0 Å². The van der Waals surface area contributed by atoms with E-state index in [9.17, 15) is 19.7 Å². The summed E-state index contributed by atoms with van der Waals surface area (Å²) in [4.78, 5) is 34.2. The van der Waals surface area contributed by atoms with Crippen molar-refractivity contribution in [1.82, 2.24) is 10.9 Å². The molecule has 0 saturated heterocycles. The third-order valence-corrected chi connectivity index (χ3v) is 3.21. The average molecular weight is 334 g/mol. The van der Waals surface area contributed by atoms with Crippen LogP contribution in [0, 0.1) is 17.0 Å². The number of nitrogens with one attached hydrogen (secondary N) is 2. The first kappa shape index (κ1) is 16.4. The van der Waals surface area contributed by atoms with Crippen molar-refractivity contribution in [3.05, 3.63) is 74.3 Å². The number of nitro groups is 1. The summed E-state index contributed by atoms with van der Waals surface area (Å²) in [5.74, 6) is -1.34. The number of carbonyl (C=O) groups is 2. The Kier molecular flexibility index (Phi) is 4.92. The van der Waals surface area contributed by atoms with Crippen LogP contribution in [0.25, 0.3) is 0 Å². The molecular weight excluding hydrogens is 322 g/mol. The number of hydrogen-bond donors (Lipinski definition) is 2. The normalized spacial score (nSPS) is 10.0. The fraction of sp³-hybridized carbons (Fsp3) is 0.0667. The van der Waals surface area contributed by atoms with Crippen molar-refractivity contribution in [2.45, 2.75) is 6.92 Å². The summed E-state index contributed by atoms with van der Waals surface area (Å²) < 4.78 is 0. The van der Waals surface area contributed by atoms with Crippen molar-refractivity contribution < 1.29 is 14.5 Å². The summed E-state index contributed by atoms with van der Waals surface area (Å²) in [7, 11) is 0. The molecule has 0 radical (unpaired) electrons. The van der Waals surface area contributed by atoms with Crippen LogP contribution in [0.3, 0.4) is 0 Å². The van der Waals surface area contributed by atoms with E-state index in [0.29, 0.717) is 5.56 Å². The molecule has 2 N–H and O–H groups in total. The predicted octanol–water partition coefficient (Wildman–Crippen LogP) is 2.63. The Hall–Kier alpha value is -2.93. The lowest BCUT2D eigenvalue weighted by Gasteiger charge is -2.08. The number of rotatable bonds is 3. The van der Waals surface area contributed by atoms with Crippen molar-refractivity contribution >= 4 is 29.1 Å². The lowest BCUT2D eigenvalue weighted by atomic mass is 10.1. The minimum absolute atomic E-state index is 0.136. The first-order valence-corrected chi connectivity index (χ1v) is 6.87. The molecule has 2 rings (SSSR count). The zero-order valence-electron chi connectivity index (χ0n) is 12.0. The van der Waals surface area contributed by atoms with Crippen LogP contribution in [0.5, 0.6) is 0 Å². The lowest BCUT2D eigenvalue weighted by molar-refractivity contribution is -0.385. The van der Waals surface area contributed by atoms with Crippen molar-refractivity contribution in [1.29, 1.82) is 0 Å². The number of nitrogens with zero attached hydrogens (tertiary/aromatic N) is 1. The van der Waals surface area contributed by atoms with E-state index >= 15 is 0 Å². The molecule has 0 aromatic heterocycles. The van der Waals surface area contributed by atoms with Gasteiger partial charge >= 0.3 is 0 Å². The number of carbonyl (C=O) groups excluding carboxylic acids is 2. The van der Waals surface area contributed by atoms with Gasteiger partial charge in [-0.1, -0.05) is 29.3 Å². The molecule has 2 aromatic carbocycles. The molecule has 2 amide bonds. The molecule has 0 saturated carbocycles. The zero-order valence-corrected chi connectivity index (χ0v) is 12.8. The Balaban J connectivity index is 2.11. The maximum Gasteiger partial charge on any atom is 0.283 e. The van der Waals surface area contributed by atoms with Crippen molar-refractivity contribution in [3.63, 3.8) is 0 Å². The van der Waals surface area contributed by atoms with Crippen LogP contribution < -0.4 is 10.9 Å². The largest absolute Gasteiger partial charge is 0.283 e. The highest BCUT2D eigenvalue weighted by molar-refractivity contribution is 6.31. The topological polar surface area (TPSA) is 101 Å². The number of halogens is 1. The molecule has 0 heterocycles. The number of amides is 2. The van der Waals surface area contributed by atoms with Crippen LogP contribution in [-0.2, 0) is 0 Å². The van der Waals surface area contributed by atoms with E-state index in [0.717, 1.165) is 11.6 Å². The van der Waals surface area contributed by atoms with Gasteiger partial charge in [0, 0.05) is 16.7 Å². The van der Waals surface area contributed by atoms with E-state index in [1.165, 1.54) is 12.1 Å². The van der Waals surface area contributed by atoms with Gasteiger partial charge in [-0.2, -0.15) is 0 Å². The summed E-state index contributed by atoms with van der Waals surface area (Å²) >= 11 is 5.68. The zero-order chi connectivity index (χ0) is 17.0. The van der Waals surface area contributed by atoms with E-state index in [2.05, 4.69) is 10.9 Å². The fourth-order valence-electron chi connectivity index (χ4n) is 1.89. The third-order valence-electron chi connectivity index (χ3n) is 2.97. The molecule has 0 aliphatic carbocycles. The smallest absolute Gasteiger partial charge is 0.267 e. The van der Waals surface area contributed by atoms with Gasteiger partial charge < -0.3 is 0 Å². The van der Waals surface area contributed by atoms with Gasteiger partial charge in [-0.3, -0.25) is 30.6 Å². The standard InChI is InChI=1S/C15H12ClN3O4/c1-9-3-2-4-10(7-9)14(20)17-18-15(21)12-6-5-11(16)8-13(12)19(22)23/h2-8H,1H3,(H,17,20)(H,18,21). The molecule has 23 heavy (non-hydrogen) atoms. The van der Waals surface area contributed by atoms with Crippen molar-refractivity contribution in [2.75, 3.05) is 0 Å². The summed E-state index contributed by atoms with van der Waals surface area (Å²) in [5.41, 5.74) is 4.95. The molecule has 0 unspecified atom stereocenters. The monoisotopic (exact) mass is 333 g/mol. The van der Waals surface area contributed by atoms with E-state index < -0.39 is 22.4 Å². The van der Waals surface area contributed by atoms with E-state index in [4.69, 9.17) is 11.6 Å². The van der Waals surface area contributed by atoms with Gasteiger partial charge in [-0.25, -0.2) is 0 Å². The van der Waals surface area contributed by atoms with Crippen LogP contribution in [0.1, 0.15) is 26.3 Å². The highest BCUT2D eigenvalue weighted by Gasteiger charge is 2.21. The van der Waals surface area contributed by atoms with Crippen LogP contribution in [0.15, 0.2) is 42.5 Å². The molecule has 2 aromatic rings. The van der Waals surface area contributed by atoms with Crippen LogP contribution in [0.4, 0.5) is 5.69 Å². The Morgan fingerprint density at radius 2 is 1.78 bits per heavy atom. The summed E-state index contributed by atoms with van der Waals surface area (Å²) in [6.07, 6.45) is 0. The Morgan fingerprint density at radius 1 is 1.09 bits per heavy atom. The second-order valence-corrected chi connectivity index (χ2v) is 5.13. The third kappa shape index (κ3) is 4.04. The summed E-state index contributed by atoms with van der Waals surface area (Å²) in [6, 6.07) is 10.4. The van der Waals surface area contributed by atoms with E-state index in [1.54, 1.807) is 18.2 Å². The molecule has 118 valence electrons. The first-order valence-electron chi connectivity index (χ1n) is 6.50. The van der Waals surface area contributed by atoms with Gasteiger partial charge in [0.2, 0.25) is 0 Å². The van der Waals surface area contributed by atoms with Crippen LogP contribution in [-0.4, -0.2) is 16.7 Å². The Morgan fingerprint density at radius 3 is 2.43 bits per heavy atom. The van der Waals surface area contributed by atoms with Crippen LogP contribution >= 0.6 is 11.6 Å². The lowest BCUT2D eigenvalue weighted by Crippen LogP contribution is -2.41. The Bertz CT molecular complexity index is 792. The quantitative estimate of drug-likeness (QED) is 0.665. The van der Waals surface area contributed by atoms with Gasteiger partial charge in [-0.15, -0.1) is 0 Å². The van der Waals surface area contributed by atoms with Gasteiger partial charge in [0.1, 0.15) is 5.56 Å². The van der Waals surface area contributed by atoms with E-state index in [1.807, 2.05) is 13.0 Å². The number of nitro benzene ring substituents is 1. The van der Waals surface area contributed by atoms with Crippen LogP contribution in [0.2, 0.25) is 5.02 Å². The predicted molar refractivity (Wildman–Crippen MR) is 84.2 cm³/mol. The molecule has 8 heteroatoms. The molecular formula is C15H12ClN3O4. The number of hydrazine groups is 1. The summed E-state index contributed by atoms with van der Waals surface area (Å²) in [6.45, 7) is 1.83. The molecule has 0 fully saturated rings. The summed E-state index contributed by atoms with van der Waals surface area (Å²) in [5, 5.41) is 11.1. The molecule has 0 aliphatic rings. The van der Waals surface area contributed by atoms with Crippen molar-refractivity contribution in [3.8, 4) is 0 Å². The Labute approximate surface area is 136 Å². The minimum Gasteiger partial charge on any atom is -0.267 e. The highest BCUT2D eigenvalue weighted by atomic mass is 35.5. The maximum absolute atomic E-state index is 12.0. The van der Waals surface area contributed by atoms with Gasteiger partial charge in [-0.05, 0) is 31.2 Å². The number of benzene rings is 2. The number of aryl methyl sites for hydroxylation is 1. The average Bonchev–Trinajstić information content (AvgIpc) is 2.52. The molecule has 0 aliphatic heterocycles. The van der Waals surface area contributed by atoms with Gasteiger partial charge in [0.25, 0.3) is 17.5 Å². The molecule has 0 atom stereocenters. The second-order valence-electron chi connectivity index (χ2n) is 4.70. The fourth-order valence-corrected chi connectivity index (χ4v) is 2.05. The molecule has 0 spiro atoms.